The molecule has 1 rings (SSSR count). The molecule has 0 aliphatic heterocycles. The number of nitro benzene ring substituents is 1. The molecule has 27 heavy (non-hydrogen) atoms. The molecule has 0 amide bonds. The molecule has 1 aromatic carbocycles. The second kappa shape index (κ2) is 15.2. The van der Waals surface area contributed by atoms with Gasteiger partial charge in [-0.15, -0.1) is 0 Å². The number of aliphatic carboxylic acids is 1. The van der Waals surface area contributed by atoms with Gasteiger partial charge >= 0.3 is 5.97 Å². The molecule has 5 heteroatoms. The molecular formula is C22H35NO4. The topological polar surface area (TPSA) is 80.4 Å². The molecule has 0 saturated carbocycles. The lowest BCUT2D eigenvalue weighted by molar-refractivity contribution is -0.385. The van der Waals surface area contributed by atoms with Crippen LogP contribution in [0.1, 0.15) is 95.5 Å². The molecule has 0 atom stereocenters. The van der Waals surface area contributed by atoms with Gasteiger partial charge in [0.25, 0.3) is 5.69 Å². The number of aryl methyl sites for hydroxylation is 1. The van der Waals surface area contributed by atoms with E-state index in [0.29, 0.717) is 6.42 Å². The summed E-state index contributed by atoms with van der Waals surface area (Å²) >= 11 is 0. The normalized spacial score (nSPS) is 10.8. The van der Waals surface area contributed by atoms with Crippen molar-refractivity contribution in [3.8, 4) is 0 Å². The van der Waals surface area contributed by atoms with Crippen molar-refractivity contribution in [3.63, 3.8) is 0 Å². The average molecular weight is 378 g/mol. The first-order valence-electron chi connectivity index (χ1n) is 10.6. The summed E-state index contributed by atoms with van der Waals surface area (Å²) in [5, 5.41) is 19.5. The van der Waals surface area contributed by atoms with Crippen molar-refractivity contribution >= 4 is 11.7 Å². The minimum atomic E-state index is -0.684. The SMILES string of the molecule is O=C(O)CCCCCCCCCCCCCCCc1ccccc1[N+](=O)[O-]. The molecule has 0 heterocycles. The second-order valence-electron chi connectivity index (χ2n) is 7.38. The molecule has 0 unspecified atom stereocenters. The predicted molar refractivity (Wildman–Crippen MR) is 109 cm³/mol. The van der Waals surface area contributed by atoms with Crippen LogP contribution in [0.4, 0.5) is 5.69 Å². The van der Waals surface area contributed by atoms with Crippen LogP contribution in [-0.2, 0) is 11.2 Å². The lowest BCUT2D eigenvalue weighted by Gasteiger charge is -2.04. The molecule has 1 aromatic rings. The van der Waals surface area contributed by atoms with Gasteiger partial charge in [-0.25, -0.2) is 0 Å². The van der Waals surface area contributed by atoms with Gasteiger partial charge in [0.05, 0.1) is 4.92 Å². The standard InChI is InChI=1S/C22H35NO4/c24-22(25)19-13-11-9-7-5-3-1-2-4-6-8-10-12-16-20-17-14-15-18-21(20)23(26)27/h14-15,17-18H,1-13,16,19H2,(H,24,25). The number of rotatable bonds is 17. The predicted octanol–water partition coefficient (Wildman–Crippen LogP) is 6.68. The number of benzene rings is 1. The minimum Gasteiger partial charge on any atom is -0.481 e. The molecule has 1 N–H and O–H groups in total. The molecule has 5 nitrogen and oxygen atoms in total. The van der Waals surface area contributed by atoms with E-state index < -0.39 is 5.97 Å². The van der Waals surface area contributed by atoms with Crippen molar-refractivity contribution in [1.29, 1.82) is 0 Å². The summed E-state index contributed by atoms with van der Waals surface area (Å²) in [7, 11) is 0. The summed E-state index contributed by atoms with van der Waals surface area (Å²) in [4.78, 5) is 21.1. The molecule has 0 radical (unpaired) electrons. The van der Waals surface area contributed by atoms with Gasteiger partial charge in [0.15, 0.2) is 0 Å². The van der Waals surface area contributed by atoms with E-state index in [2.05, 4.69) is 0 Å². The third-order valence-electron chi connectivity index (χ3n) is 5.03. The van der Waals surface area contributed by atoms with Crippen LogP contribution in [0.25, 0.3) is 0 Å². The van der Waals surface area contributed by atoms with Crippen LogP contribution in [-0.4, -0.2) is 16.0 Å². The Morgan fingerprint density at radius 3 is 1.70 bits per heavy atom. The Kier molecular flexibility index (Phi) is 13.0. The highest BCUT2D eigenvalue weighted by molar-refractivity contribution is 5.66. The lowest BCUT2D eigenvalue weighted by atomic mass is 10.0. The Morgan fingerprint density at radius 1 is 0.778 bits per heavy atom. The van der Waals surface area contributed by atoms with Crippen LogP contribution in [0, 0.1) is 10.1 Å². The Hall–Kier alpha value is -1.91. The lowest BCUT2D eigenvalue weighted by Crippen LogP contribution is -1.95. The van der Waals surface area contributed by atoms with Crippen molar-refractivity contribution in [3.05, 3.63) is 39.9 Å². The first-order chi connectivity index (χ1) is 13.1. The van der Waals surface area contributed by atoms with Crippen molar-refractivity contribution in [2.75, 3.05) is 0 Å². The zero-order valence-corrected chi connectivity index (χ0v) is 16.5. The van der Waals surface area contributed by atoms with E-state index >= 15 is 0 Å². The van der Waals surface area contributed by atoms with Crippen LogP contribution >= 0.6 is 0 Å². The highest BCUT2D eigenvalue weighted by Crippen LogP contribution is 2.20. The van der Waals surface area contributed by atoms with Gasteiger partial charge in [0, 0.05) is 18.1 Å². The van der Waals surface area contributed by atoms with Crippen LogP contribution in [0.5, 0.6) is 0 Å². The summed E-state index contributed by atoms with van der Waals surface area (Å²) in [6, 6.07) is 7.05. The molecule has 0 bridgehead atoms. The fraction of sp³-hybridized carbons (Fsp3) is 0.682. The zero-order valence-electron chi connectivity index (χ0n) is 16.5. The molecule has 0 aliphatic carbocycles. The van der Waals surface area contributed by atoms with Gasteiger partial charge < -0.3 is 5.11 Å². The number of hydrogen-bond donors (Lipinski definition) is 1. The summed E-state index contributed by atoms with van der Waals surface area (Å²) in [6.45, 7) is 0. The molecule has 0 aliphatic rings. The fourth-order valence-corrected chi connectivity index (χ4v) is 3.44. The van der Waals surface area contributed by atoms with Crippen LogP contribution < -0.4 is 0 Å². The first-order valence-corrected chi connectivity index (χ1v) is 10.6. The number of para-hydroxylation sites is 1. The van der Waals surface area contributed by atoms with Crippen LogP contribution in [0.3, 0.4) is 0 Å². The molecule has 0 saturated heterocycles. The van der Waals surface area contributed by atoms with E-state index in [0.717, 1.165) is 44.1 Å². The number of nitro groups is 1. The first kappa shape index (κ1) is 23.1. The fourth-order valence-electron chi connectivity index (χ4n) is 3.44. The Bertz CT molecular complexity index is 545. The monoisotopic (exact) mass is 377 g/mol. The van der Waals surface area contributed by atoms with E-state index in [1.807, 2.05) is 12.1 Å². The van der Waals surface area contributed by atoms with Crippen molar-refractivity contribution in [2.24, 2.45) is 0 Å². The number of hydrogen-bond acceptors (Lipinski definition) is 3. The zero-order chi connectivity index (χ0) is 19.7. The number of unbranched alkanes of at least 4 members (excludes halogenated alkanes) is 12. The van der Waals surface area contributed by atoms with E-state index in [1.165, 1.54) is 51.4 Å². The Morgan fingerprint density at radius 2 is 1.22 bits per heavy atom. The average Bonchev–Trinajstić information content (AvgIpc) is 2.64. The summed E-state index contributed by atoms with van der Waals surface area (Å²) in [6.07, 6.45) is 16.4. The molecule has 0 aromatic heterocycles. The summed E-state index contributed by atoms with van der Waals surface area (Å²) in [5.41, 5.74) is 1.10. The van der Waals surface area contributed by atoms with Crippen LogP contribution in [0.15, 0.2) is 24.3 Å². The largest absolute Gasteiger partial charge is 0.481 e. The van der Waals surface area contributed by atoms with Gasteiger partial charge in [0.1, 0.15) is 0 Å². The van der Waals surface area contributed by atoms with Gasteiger partial charge in [-0.05, 0) is 19.3 Å². The van der Waals surface area contributed by atoms with Gasteiger partial charge in [-0.3, -0.25) is 14.9 Å². The van der Waals surface area contributed by atoms with Crippen molar-refractivity contribution in [2.45, 2.75) is 96.3 Å². The number of carbonyl (C=O) groups is 1. The maximum atomic E-state index is 11.0. The summed E-state index contributed by atoms with van der Waals surface area (Å²) < 4.78 is 0. The highest BCUT2D eigenvalue weighted by atomic mass is 16.6. The maximum absolute atomic E-state index is 11.0. The third-order valence-corrected chi connectivity index (χ3v) is 5.03. The smallest absolute Gasteiger partial charge is 0.303 e. The number of nitrogens with zero attached hydrogens (tertiary/aromatic N) is 1. The summed E-state index contributed by atoms with van der Waals surface area (Å²) in [5.74, 6) is -0.684. The van der Waals surface area contributed by atoms with E-state index in [-0.39, 0.29) is 10.6 Å². The van der Waals surface area contributed by atoms with E-state index in [9.17, 15) is 14.9 Å². The Balaban J connectivity index is 1.87. The van der Waals surface area contributed by atoms with E-state index in [4.69, 9.17) is 5.11 Å². The van der Waals surface area contributed by atoms with Gasteiger partial charge in [-0.2, -0.15) is 0 Å². The van der Waals surface area contributed by atoms with Gasteiger partial charge in [-0.1, -0.05) is 88.8 Å². The van der Waals surface area contributed by atoms with Gasteiger partial charge in [0.2, 0.25) is 0 Å². The maximum Gasteiger partial charge on any atom is 0.303 e. The van der Waals surface area contributed by atoms with E-state index in [1.54, 1.807) is 12.1 Å². The minimum absolute atomic E-state index is 0.249. The van der Waals surface area contributed by atoms with Crippen molar-refractivity contribution in [1.82, 2.24) is 0 Å². The number of carboxylic acid groups (broad SMARTS) is 1. The Labute approximate surface area is 163 Å². The highest BCUT2D eigenvalue weighted by Gasteiger charge is 2.11. The third kappa shape index (κ3) is 12.2. The molecule has 0 spiro atoms. The molecule has 152 valence electrons. The van der Waals surface area contributed by atoms with Crippen LogP contribution in [0.2, 0.25) is 0 Å². The number of carboxylic acids is 1. The molecule has 0 fully saturated rings. The quantitative estimate of drug-likeness (QED) is 0.186. The van der Waals surface area contributed by atoms with Crippen molar-refractivity contribution < 1.29 is 14.8 Å². The molecular weight excluding hydrogens is 342 g/mol. The second-order valence-corrected chi connectivity index (χ2v) is 7.38.